The average molecular weight is 265 g/mol. The van der Waals surface area contributed by atoms with Gasteiger partial charge in [-0.15, -0.1) is 0 Å². The minimum Gasteiger partial charge on any atom is -0.377 e. The topological polar surface area (TPSA) is 55.6 Å². The Morgan fingerprint density at radius 1 is 1.10 bits per heavy atom. The molecule has 0 saturated carbocycles. The lowest BCUT2D eigenvalue weighted by molar-refractivity contribution is 0.841. The highest BCUT2D eigenvalue weighted by atomic mass is 15.3. The number of pyridine rings is 1. The fourth-order valence-corrected chi connectivity index (χ4v) is 2.01. The molecular formula is C15H15N5. The van der Waals surface area contributed by atoms with Crippen LogP contribution < -0.4 is 5.32 Å². The van der Waals surface area contributed by atoms with E-state index in [4.69, 9.17) is 0 Å². The second kappa shape index (κ2) is 5.52. The molecule has 3 aromatic rings. The van der Waals surface area contributed by atoms with Gasteiger partial charge in [0.15, 0.2) is 5.82 Å². The van der Waals surface area contributed by atoms with Crippen molar-refractivity contribution in [3.63, 3.8) is 0 Å². The third-order valence-corrected chi connectivity index (χ3v) is 3.08. The van der Waals surface area contributed by atoms with Crippen molar-refractivity contribution in [3.05, 3.63) is 66.9 Å². The zero-order valence-electron chi connectivity index (χ0n) is 11.1. The second-order valence-electron chi connectivity index (χ2n) is 4.52. The molecule has 0 aliphatic carbocycles. The third kappa shape index (κ3) is 2.66. The molecule has 5 nitrogen and oxygen atoms in total. The van der Waals surface area contributed by atoms with Crippen LogP contribution in [-0.2, 0) is 0 Å². The van der Waals surface area contributed by atoms with Gasteiger partial charge in [-0.3, -0.25) is 0 Å². The number of nitrogens with one attached hydrogen (secondary N) is 1. The predicted molar refractivity (Wildman–Crippen MR) is 77.6 cm³/mol. The van der Waals surface area contributed by atoms with Crippen molar-refractivity contribution in [3.8, 4) is 5.82 Å². The summed E-state index contributed by atoms with van der Waals surface area (Å²) in [4.78, 5) is 8.27. The lowest BCUT2D eigenvalue weighted by atomic mass is 10.1. The number of benzene rings is 1. The van der Waals surface area contributed by atoms with Crippen LogP contribution in [0.5, 0.6) is 0 Å². The number of rotatable bonds is 4. The fourth-order valence-electron chi connectivity index (χ4n) is 2.01. The minimum atomic E-state index is 0.232. The predicted octanol–water partition coefficient (Wildman–Crippen LogP) is 2.84. The first-order valence-corrected chi connectivity index (χ1v) is 6.45. The van der Waals surface area contributed by atoms with E-state index >= 15 is 0 Å². The maximum absolute atomic E-state index is 4.37. The standard InChI is InChI=1S/C15H15N5/c1-12(13-5-3-2-4-6-13)19-14-7-8-15(17-9-14)20-11-16-10-18-20/h2-12,19H,1H3. The molecule has 0 aliphatic rings. The molecule has 1 atom stereocenters. The van der Waals surface area contributed by atoms with E-state index in [0.717, 1.165) is 11.5 Å². The van der Waals surface area contributed by atoms with E-state index < -0.39 is 0 Å². The summed E-state index contributed by atoms with van der Waals surface area (Å²) in [6.07, 6.45) is 4.92. The zero-order chi connectivity index (χ0) is 13.8. The normalized spacial score (nSPS) is 12.1. The first-order valence-electron chi connectivity index (χ1n) is 6.45. The summed E-state index contributed by atoms with van der Waals surface area (Å²) in [6, 6.07) is 14.4. The van der Waals surface area contributed by atoms with Crippen molar-refractivity contribution in [2.45, 2.75) is 13.0 Å². The van der Waals surface area contributed by atoms with Gasteiger partial charge in [-0.05, 0) is 24.6 Å². The molecular weight excluding hydrogens is 250 g/mol. The maximum atomic E-state index is 4.37. The quantitative estimate of drug-likeness (QED) is 0.788. The van der Waals surface area contributed by atoms with Gasteiger partial charge in [-0.25, -0.2) is 14.6 Å². The molecule has 0 saturated heterocycles. The molecule has 2 aromatic heterocycles. The Morgan fingerprint density at radius 2 is 1.95 bits per heavy atom. The van der Waals surface area contributed by atoms with Crippen molar-refractivity contribution in [1.29, 1.82) is 0 Å². The molecule has 0 fully saturated rings. The van der Waals surface area contributed by atoms with Gasteiger partial charge in [-0.2, -0.15) is 5.10 Å². The van der Waals surface area contributed by atoms with E-state index in [9.17, 15) is 0 Å². The van der Waals surface area contributed by atoms with Crippen molar-refractivity contribution < 1.29 is 0 Å². The average Bonchev–Trinajstić information content (AvgIpc) is 3.03. The van der Waals surface area contributed by atoms with Crippen LogP contribution >= 0.6 is 0 Å². The van der Waals surface area contributed by atoms with Gasteiger partial charge in [-0.1, -0.05) is 30.3 Å². The highest BCUT2D eigenvalue weighted by Crippen LogP contribution is 2.18. The Labute approximate surface area is 117 Å². The molecule has 5 heteroatoms. The summed E-state index contributed by atoms with van der Waals surface area (Å²) >= 11 is 0. The molecule has 0 aliphatic heterocycles. The Hall–Kier alpha value is -2.69. The van der Waals surface area contributed by atoms with E-state index in [2.05, 4.69) is 39.4 Å². The summed E-state index contributed by atoms with van der Waals surface area (Å²) in [5.74, 6) is 0.750. The molecule has 0 bridgehead atoms. The smallest absolute Gasteiger partial charge is 0.155 e. The molecule has 1 aromatic carbocycles. The molecule has 2 heterocycles. The van der Waals surface area contributed by atoms with Crippen molar-refractivity contribution in [2.24, 2.45) is 0 Å². The summed E-state index contributed by atoms with van der Waals surface area (Å²) in [5, 5.41) is 7.47. The Morgan fingerprint density at radius 3 is 2.60 bits per heavy atom. The molecule has 1 N–H and O–H groups in total. The van der Waals surface area contributed by atoms with E-state index in [-0.39, 0.29) is 6.04 Å². The van der Waals surface area contributed by atoms with Gasteiger partial charge in [0.1, 0.15) is 12.7 Å². The number of hydrogen-bond acceptors (Lipinski definition) is 4. The molecule has 0 spiro atoms. The monoisotopic (exact) mass is 265 g/mol. The highest BCUT2D eigenvalue weighted by molar-refractivity contribution is 5.45. The number of nitrogens with zero attached hydrogens (tertiary/aromatic N) is 4. The number of anilines is 1. The zero-order valence-corrected chi connectivity index (χ0v) is 11.1. The first-order chi connectivity index (χ1) is 9.83. The Balaban J connectivity index is 1.72. The summed E-state index contributed by atoms with van der Waals surface area (Å²) in [7, 11) is 0. The lowest BCUT2D eigenvalue weighted by Gasteiger charge is -2.15. The molecule has 3 rings (SSSR count). The van der Waals surface area contributed by atoms with Crippen LogP contribution in [0, 0.1) is 0 Å². The molecule has 0 radical (unpaired) electrons. The van der Waals surface area contributed by atoms with Crippen molar-refractivity contribution in [1.82, 2.24) is 19.7 Å². The summed E-state index contributed by atoms with van der Waals surface area (Å²) < 4.78 is 1.63. The number of hydrogen-bond donors (Lipinski definition) is 1. The van der Waals surface area contributed by atoms with Gasteiger partial charge in [0.05, 0.1) is 11.9 Å². The van der Waals surface area contributed by atoms with Crippen LogP contribution in [-0.4, -0.2) is 19.7 Å². The SMILES string of the molecule is CC(Nc1ccc(-n2cncn2)nc1)c1ccccc1. The lowest BCUT2D eigenvalue weighted by Crippen LogP contribution is -2.07. The van der Waals surface area contributed by atoms with Gasteiger partial charge in [0.25, 0.3) is 0 Å². The Bertz CT molecular complexity index is 647. The number of aromatic nitrogens is 4. The highest BCUT2D eigenvalue weighted by Gasteiger charge is 2.05. The van der Waals surface area contributed by atoms with E-state index in [1.54, 1.807) is 17.2 Å². The Kier molecular flexibility index (Phi) is 3.41. The molecule has 20 heavy (non-hydrogen) atoms. The van der Waals surface area contributed by atoms with Crippen molar-refractivity contribution >= 4 is 5.69 Å². The van der Waals surface area contributed by atoms with Crippen LogP contribution in [0.3, 0.4) is 0 Å². The molecule has 100 valence electrons. The maximum Gasteiger partial charge on any atom is 0.155 e. The fraction of sp³-hybridized carbons (Fsp3) is 0.133. The van der Waals surface area contributed by atoms with Crippen LogP contribution in [0.4, 0.5) is 5.69 Å². The summed E-state index contributed by atoms with van der Waals surface area (Å²) in [5.41, 5.74) is 2.22. The van der Waals surface area contributed by atoms with E-state index in [0.29, 0.717) is 0 Å². The molecule has 1 unspecified atom stereocenters. The summed E-state index contributed by atoms with van der Waals surface area (Å²) in [6.45, 7) is 2.13. The second-order valence-corrected chi connectivity index (χ2v) is 4.52. The van der Waals surface area contributed by atoms with Crippen LogP contribution in [0.15, 0.2) is 61.3 Å². The van der Waals surface area contributed by atoms with E-state index in [1.165, 1.54) is 11.9 Å². The van der Waals surface area contributed by atoms with Crippen LogP contribution in [0.1, 0.15) is 18.5 Å². The van der Waals surface area contributed by atoms with Crippen LogP contribution in [0.25, 0.3) is 5.82 Å². The van der Waals surface area contributed by atoms with Crippen molar-refractivity contribution in [2.75, 3.05) is 5.32 Å². The minimum absolute atomic E-state index is 0.232. The largest absolute Gasteiger partial charge is 0.377 e. The van der Waals surface area contributed by atoms with Gasteiger partial charge in [0.2, 0.25) is 0 Å². The van der Waals surface area contributed by atoms with E-state index in [1.807, 2.05) is 30.3 Å². The van der Waals surface area contributed by atoms with Gasteiger partial charge < -0.3 is 5.32 Å². The first kappa shape index (κ1) is 12.3. The van der Waals surface area contributed by atoms with Gasteiger partial charge in [0, 0.05) is 6.04 Å². The molecule has 0 amide bonds. The van der Waals surface area contributed by atoms with Crippen LogP contribution in [0.2, 0.25) is 0 Å². The third-order valence-electron chi connectivity index (χ3n) is 3.08. The van der Waals surface area contributed by atoms with Gasteiger partial charge >= 0.3 is 0 Å².